The molecule has 8 nitrogen and oxygen atoms in total. The van der Waals surface area contributed by atoms with Crippen molar-refractivity contribution in [2.45, 2.75) is 39.8 Å². The summed E-state index contributed by atoms with van der Waals surface area (Å²) in [5.74, 6) is 0.187. The molecule has 0 radical (unpaired) electrons. The number of rotatable bonds is 8. The Morgan fingerprint density at radius 3 is 2.67 bits per heavy atom. The van der Waals surface area contributed by atoms with Crippen LogP contribution >= 0.6 is 0 Å². The van der Waals surface area contributed by atoms with E-state index in [9.17, 15) is 9.59 Å². The molecule has 2 amide bonds. The number of carbonyl (C=O) groups excluding carboxylic acids is 2. The van der Waals surface area contributed by atoms with Gasteiger partial charge in [0.25, 0.3) is 0 Å². The van der Waals surface area contributed by atoms with E-state index in [2.05, 4.69) is 34.8 Å². The van der Waals surface area contributed by atoms with Crippen molar-refractivity contribution in [3.63, 3.8) is 0 Å². The summed E-state index contributed by atoms with van der Waals surface area (Å²) in [4.78, 5) is 23.0. The monoisotopic (exact) mass is 296 g/mol. The van der Waals surface area contributed by atoms with Gasteiger partial charge in [0, 0.05) is 6.54 Å². The molecule has 0 aromatic carbocycles. The second-order valence-electron chi connectivity index (χ2n) is 5.32. The average molecular weight is 296 g/mol. The maximum Gasteiger partial charge on any atom is 0.244 e. The first-order valence-electron chi connectivity index (χ1n) is 7.09. The van der Waals surface area contributed by atoms with Gasteiger partial charge in [0.2, 0.25) is 11.8 Å². The molecule has 21 heavy (non-hydrogen) atoms. The standard InChI is InChI=1S/C13H24N6O2/c1-9(2)4-5-15-13(21)10(3)19-8-11(17-18-19)7-16-12(20)6-14/h8-10H,4-7,14H2,1-3H3,(H,15,21)(H,16,20). The average Bonchev–Trinajstić information content (AvgIpc) is 2.92. The molecule has 1 aromatic rings. The van der Waals surface area contributed by atoms with E-state index < -0.39 is 6.04 Å². The van der Waals surface area contributed by atoms with E-state index in [1.54, 1.807) is 13.1 Å². The van der Waals surface area contributed by atoms with Crippen molar-refractivity contribution in [1.29, 1.82) is 0 Å². The van der Waals surface area contributed by atoms with Crippen LogP contribution in [0.3, 0.4) is 0 Å². The van der Waals surface area contributed by atoms with E-state index >= 15 is 0 Å². The highest BCUT2D eigenvalue weighted by Crippen LogP contribution is 2.05. The number of aromatic nitrogens is 3. The number of nitrogens with two attached hydrogens (primary N) is 1. The molecule has 0 bridgehead atoms. The first kappa shape index (κ1) is 17.1. The van der Waals surface area contributed by atoms with Crippen molar-refractivity contribution in [3.8, 4) is 0 Å². The van der Waals surface area contributed by atoms with Crippen LogP contribution in [0, 0.1) is 5.92 Å². The molecule has 1 unspecified atom stereocenters. The molecule has 4 N–H and O–H groups in total. The lowest BCUT2D eigenvalue weighted by Gasteiger charge is -2.12. The van der Waals surface area contributed by atoms with Gasteiger partial charge in [0.15, 0.2) is 0 Å². The fraction of sp³-hybridized carbons (Fsp3) is 0.692. The van der Waals surface area contributed by atoms with Crippen molar-refractivity contribution in [2.75, 3.05) is 13.1 Å². The lowest BCUT2D eigenvalue weighted by Crippen LogP contribution is -2.32. The van der Waals surface area contributed by atoms with Gasteiger partial charge >= 0.3 is 0 Å². The van der Waals surface area contributed by atoms with Gasteiger partial charge in [0.05, 0.1) is 19.3 Å². The zero-order valence-corrected chi connectivity index (χ0v) is 12.8. The van der Waals surface area contributed by atoms with Crippen LogP contribution in [0.1, 0.15) is 38.9 Å². The van der Waals surface area contributed by atoms with Crippen LogP contribution in [-0.2, 0) is 16.1 Å². The topological polar surface area (TPSA) is 115 Å². The maximum absolute atomic E-state index is 12.0. The summed E-state index contributed by atoms with van der Waals surface area (Å²) in [5.41, 5.74) is 5.77. The minimum atomic E-state index is -0.441. The van der Waals surface area contributed by atoms with Crippen LogP contribution in [-0.4, -0.2) is 39.9 Å². The molecule has 1 aromatic heterocycles. The van der Waals surface area contributed by atoms with Crippen molar-refractivity contribution in [2.24, 2.45) is 11.7 Å². The molecule has 1 rings (SSSR count). The van der Waals surface area contributed by atoms with Gasteiger partial charge in [0.1, 0.15) is 11.7 Å². The highest BCUT2D eigenvalue weighted by molar-refractivity contribution is 5.79. The molecule has 0 fully saturated rings. The Balaban J connectivity index is 2.47. The predicted molar refractivity (Wildman–Crippen MR) is 78.1 cm³/mol. The highest BCUT2D eigenvalue weighted by atomic mass is 16.2. The van der Waals surface area contributed by atoms with Crippen molar-refractivity contribution < 1.29 is 9.59 Å². The third-order valence-electron chi connectivity index (χ3n) is 3.01. The minimum Gasteiger partial charge on any atom is -0.354 e. The van der Waals surface area contributed by atoms with Crippen LogP contribution in [0.25, 0.3) is 0 Å². The Kier molecular flexibility index (Phi) is 6.80. The van der Waals surface area contributed by atoms with Gasteiger partial charge in [-0.2, -0.15) is 0 Å². The van der Waals surface area contributed by atoms with Crippen LogP contribution in [0.5, 0.6) is 0 Å². The number of amides is 2. The molecule has 1 heterocycles. The first-order chi connectivity index (χ1) is 9.93. The van der Waals surface area contributed by atoms with Gasteiger partial charge < -0.3 is 16.4 Å². The van der Waals surface area contributed by atoms with E-state index in [0.717, 1.165) is 6.42 Å². The van der Waals surface area contributed by atoms with Crippen LogP contribution in [0.4, 0.5) is 0 Å². The van der Waals surface area contributed by atoms with Gasteiger partial charge in [-0.05, 0) is 19.3 Å². The Hall–Kier alpha value is -1.96. The zero-order valence-electron chi connectivity index (χ0n) is 12.8. The Morgan fingerprint density at radius 2 is 2.05 bits per heavy atom. The molecule has 0 saturated heterocycles. The van der Waals surface area contributed by atoms with Crippen LogP contribution in [0.2, 0.25) is 0 Å². The van der Waals surface area contributed by atoms with Crippen molar-refractivity contribution in [3.05, 3.63) is 11.9 Å². The highest BCUT2D eigenvalue weighted by Gasteiger charge is 2.16. The molecule has 0 aliphatic rings. The number of hydrogen-bond donors (Lipinski definition) is 3. The second-order valence-corrected chi connectivity index (χ2v) is 5.32. The van der Waals surface area contributed by atoms with Gasteiger partial charge in [-0.3, -0.25) is 9.59 Å². The lowest BCUT2D eigenvalue weighted by molar-refractivity contribution is -0.124. The van der Waals surface area contributed by atoms with Gasteiger partial charge in [-0.15, -0.1) is 5.10 Å². The Morgan fingerprint density at radius 1 is 1.33 bits per heavy atom. The lowest BCUT2D eigenvalue weighted by atomic mass is 10.1. The molecular formula is C13H24N6O2. The van der Waals surface area contributed by atoms with E-state index in [1.165, 1.54) is 4.68 Å². The summed E-state index contributed by atoms with van der Waals surface area (Å²) in [6, 6.07) is -0.441. The Bertz CT molecular complexity index is 471. The minimum absolute atomic E-state index is 0.0667. The van der Waals surface area contributed by atoms with Gasteiger partial charge in [-0.25, -0.2) is 4.68 Å². The smallest absolute Gasteiger partial charge is 0.244 e. The Labute approximate surface area is 124 Å². The van der Waals surface area contributed by atoms with E-state index in [4.69, 9.17) is 5.73 Å². The SMILES string of the molecule is CC(C)CCNC(=O)C(C)n1cc(CNC(=O)CN)nn1. The number of hydrogen-bond acceptors (Lipinski definition) is 5. The third-order valence-corrected chi connectivity index (χ3v) is 3.01. The van der Waals surface area contributed by atoms with Crippen molar-refractivity contribution in [1.82, 2.24) is 25.6 Å². The molecule has 0 spiro atoms. The molecule has 8 heteroatoms. The molecule has 0 saturated carbocycles. The fourth-order valence-electron chi connectivity index (χ4n) is 1.60. The summed E-state index contributed by atoms with van der Waals surface area (Å²) in [5, 5.41) is 13.3. The van der Waals surface area contributed by atoms with Crippen LogP contribution < -0.4 is 16.4 Å². The van der Waals surface area contributed by atoms with E-state index in [1.807, 2.05) is 0 Å². The number of carbonyl (C=O) groups is 2. The van der Waals surface area contributed by atoms with E-state index in [0.29, 0.717) is 18.2 Å². The van der Waals surface area contributed by atoms with Crippen LogP contribution in [0.15, 0.2) is 6.20 Å². The fourth-order valence-corrected chi connectivity index (χ4v) is 1.60. The summed E-state index contributed by atoms with van der Waals surface area (Å²) in [6.45, 7) is 6.79. The summed E-state index contributed by atoms with van der Waals surface area (Å²) >= 11 is 0. The summed E-state index contributed by atoms with van der Waals surface area (Å²) in [7, 11) is 0. The summed E-state index contributed by atoms with van der Waals surface area (Å²) < 4.78 is 1.48. The molecule has 0 aliphatic heterocycles. The number of nitrogens with one attached hydrogen (secondary N) is 2. The number of nitrogens with zero attached hydrogens (tertiary/aromatic N) is 3. The quantitative estimate of drug-likeness (QED) is 0.602. The molecule has 1 atom stereocenters. The largest absolute Gasteiger partial charge is 0.354 e. The third kappa shape index (κ3) is 5.90. The molecule has 0 aliphatic carbocycles. The maximum atomic E-state index is 12.0. The first-order valence-corrected chi connectivity index (χ1v) is 7.09. The summed E-state index contributed by atoms with van der Waals surface area (Å²) in [6.07, 6.45) is 2.58. The second kappa shape index (κ2) is 8.35. The normalized spacial score (nSPS) is 12.2. The van der Waals surface area contributed by atoms with Crippen molar-refractivity contribution >= 4 is 11.8 Å². The predicted octanol–water partition coefficient (Wildman–Crippen LogP) is -0.424. The molecular weight excluding hydrogens is 272 g/mol. The van der Waals surface area contributed by atoms with Gasteiger partial charge in [-0.1, -0.05) is 19.1 Å². The van der Waals surface area contributed by atoms with E-state index in [-0.39, 0.29) is 24.9 Å². The molecule has 118 valence electrons. The zero-order chi connectivity index (χ0) is 15.8.